The minimum Gasteiger partial charge on any atom is -0.466 e. The number of rotatable bonds is 8. The van der Waals surface area contributed by atoms with E-state index < -0.39 is 12.0 Å². The van der Waals surface area contributed by atoms with E-state index in [2.05, 4.69) is 10.6 Å². The summed E-state index contributed by atoms with van der Waals surface area (Å²) in [6.45, 7) is 2.82. The Kier molecular flexibility index (Phi) is 8.36. The molecular formula is C23H25Cl2N3O4. The molecule has 2 aromatic carbocycles. The van der Waals surface area contributed by atoms with Crippen molar-refractivity contribution < 1.29 is 19.1 Å². The van der Waals surface area contributed by atoms with Crippen LogP contribution in [0.3, 0.4) is 0 Å². The number of halogens is 2. The first kappa shape index (κ1) is 23.9. The predicted octanol–water partition coefficient (Wildman–Crippen LogP) is 3.95. The zero-order valence-electron chi connectivity index (χ0n) is 17.7. The first-order chi connectivity index (χ1) is 15.4. The standard InChI is InChI=1S/C23H25Cl2N3O4/c1-2-12-32-21(30)14-19-23(31)26-10-11-28(19)20(29)13-15-6-3-4-9-18(15)27-22-16(24)7-5-8-17(22)25/h3-9,19,27H,2,10-14H2,1H3,(H,26,31). The second kappa shape index (κ2) is 11.2. The molecule has 1 unspecified atom stereocenters. The first-order valence-corrected chi connectivity index (χ1v) is 11.2. The van der Waals surface area contributed by atoms with E-state index >= 15 is 0 Å². The zero-order valence-corrected chi connectivity index (χ0v) is 19.2. The lowest BCUT2D eigenvalue weighted by Gasteiger charge is -2.34. The Morgan fingerprint density at radius 1 is 1.16 bits per heavy atom. The predicted molar refractivity (Wildman–Crippen MR) is 124 cm³/mol. The molecule has 32 heavy (non-hydrogen) atoms. The van der Waals surface area contributed by atoms with Crippen molar-refractivity contribution in [2.45, 2.75) is 32.2 Å². The van der Waals surface area contributed by atoms with Crippen LogP contribution in [0.1, 0.15) is 25.3 Å². The normalized spacial score (nSPS) is 15.8. The van der Waals surface area contributed by atoms with Gasteiger partial charge in [0.25, 0.3) is 0 Å². The summed E-state index contributed by atoms with van der Waals surface area (Å²) < 4.78 is 5.10. The van der Waals surface area contributed by atoms with Crippen molar-refractivity contribution >= 4 is 52.4 Å². The maximum absolute atomic E-state index is 13.2. The van der Waals surface area contributed by atoms with Crippen LogP contribution in [0.25, 0.3) is 0 Å². The van der Waals surface area contributed by atoms with Gasteiger partial charge in [-0.25, -0.2) is 0 Å². The molecule has 170 valence electrons. The molecule has 1 fully saturated rings. The monoisotopic (exact) mass is 477 g/mol. The Morgan fingerprint density at radius 2 is 1.88 bits per heavy atom. The molecule has 2 aromatic rings. The number of nitrogens with zero attached hydrogens (tertiary/aromatic N) is 1. The molecule has 0 saturated carbocycles. The van der Waals surface area contributed by atoms with Crippen LogP contribution in [0, 0.1) is 0 Å². The molecule has 1 aliphatic rings. The fraction of sp³-hybridized carbons (Fsp3) is 0.348. The number of benzene rings is 2. The molecule has 1 aliphatic heterocycles. The van der Waals surface area contributed by atoms with E-state index in [9.17, 15) is 14.4 Å². The summed E-state index contributed by atoms with van der Waals surface area (Å²) in [4.78, 5) is 39.1. The van der Waals surface area contributed by atoms with E-state index in [1.165, 1.54) is 4.90 Å². The van der Waals surface area contributed by atoms with Crippen molar-refractivity contribution in [2.24, 2.45) is 0 Å². The van der Waals surface area contributed by atoms with Crippen LogP contribution in [-0.2, 0) is 25.5 Å². The molecule has 1 saturated heterocycles. The SMILES string of the molecule is CCCOC(=O)CC1C(=O)NCCN1C(=O)Cc1ccccc1Nc1c(Cl)cccc1Cl. The van der Waals surface area contributed by atoms with Crippen molar-refractivity contribution in [3.8, 4) is 0 Å². The second-order valence-electron chi connectivity index (χ2n) is 7.37. The number of carbonyl (C=O) groups excluding carboxylic acids is 3. The number of hydrogen-bond donors (Lipinski definition) is 2. The van der Waals surface area contributed by atoms with Gasteiger partial charge in [0, 0.05) is 18.8 Å². The van der Waals surface area contributed by atoms with Gasteiger partial charge in [-0.2, -0.15) is 0 Å². The van der Waals surface area contributed by atoms with E-state index in [1.54, 1.807) is 18.2 Å². The minimum atomic E-state index is -0.890. The molecule has 0 spiro atoms. The number of hydrogen-bond acceptors (Lipinski definition) is 5. The third-order valence-corrected chi connectivity index (χ3v) is 5.69. The van der Waals surface area contributed by atoms with E-state index in [4.69, 9.17) is 27.9 Å². The second-order valence-corrected chi connectivity index (χ2v) is 8.19. The molecule has 2 N–H and O–H groups in total. The van der Waals surface area contributed by atoms with Gasteiger partial charge in [-0.15, -0.1) is 0 Å². The molecule has 0 radical (unpaired) electrons. The Hall–Kier alpha value is -2.77. The van der Waals surface area contributed by atoms with Crippen LogP contribution in [0.15, 0.2) is 42.5 Å². The maximum atomic E-state index is 13.2. The number of nitrogens with one attached hydrogen (secondary N) is 2. The highest BCUT2D eigenvalue weighted by Gasteiger charge is 2.35. The smallest absolute Gasteiger partial charge is 0.308 e. The largest absolute Gasteiger partial charge is 0.466 e. The van der Waals surface area contributed by atoms with Gasteiger partial charge in [0.15, 0.2) is 0 Å². The molecule has 9 heteroatoms. The number of ether oxygens (including phenoxy) is 1. The fourth-order valence-electron chi connectivity index (χ4n) is 3.46. The van der Waals surface area contributed by atoms with Gasteiger partial charge >= 0.3 is 5.97 Å². The third kappa shape index (κ3) is 5.93. The Labute approximate surface area is 197 Å². The van der Waals surface area contributed by atoms with Crippen LogP contribution in [-0.4, -0.2) is 48.4 Å². The summed E-state index contributed by atoms with van der Waals surface area (Å²) >= 11 is 12.5. The van der Waals surface area contributed by atoms with E-state index in [1.807, 2.05) is 31.2 Å². The molecule has 0 aromatic heterocycles. The van der Waals surface area contributed by atoms with Crippen LogP contribution in [0.2, 0.25) is 10.0 Å². The van der Waals surface area contributed by atoms with Crippen molar-refractivity contribution in [3.63, 3.8) is 0 Å². The van der Waals surface area contributed by atoms with Crippen molar-refractivity contribution in [1.82, 2.24) is 10.2 Å². The number of piperazine rings is 1. The Bertz CT molecular complexity index is 979. The summed E-state index contributed by atoms with van der Waals surface area (Å²) in [5, 5.41) is 6.83. The van der Waals surface area contributed by atoms with Gasteiger partial charge in [0.2, 0.25) is 11.8 Å². The number of esters is 1. The number of amides is 2. The van der Waals surface area contributed by atoms with Crippen molar-refractivity contribution in [2.75, 3.05) is 25.0 Å². The lowest BCUT2D eigenvalue weighted by Crippen LogP contribution is -2.58. The highest BCUT2D eigenvalue weighted by molar-refractivity contribution is 6.39. The van der Waals surface area contributed by atoms with Crippen LogP contribution in [0.5, 0.6) is 0 Å². The fourth-order valence-corrected chi connectivity index (χ4v) is 3.95. The number of para-hydroxylation sites is 2. The topological polar surface area (TPSA) is 87.7 Å². The average Bonchev–Trinajstić information content (AvgIpc) is 2.77. The van der Waals surface area contributed by atoms with Gasteiger partial charge < -0.3 is 20.3 Å². The molecule has 1 heterocycles. The van der Waals surface area contributed by atoms with E-state index in [0.717, 1.165) is 0 Å². The van der Waals surface area contributed by atoms with Gasteiger partial charge in [0.05, 0.1) is 35.2 Å². The van der Waals surface area contributed by atoms with Crippen LogP contribution < -0.4 is 10.6 Å². The average molecular weight is 478 g/mol. The van der Waals surface area contributed by atoms with E-state index in [0.29, 0.717) is 46.5 Å². The Morgan fingerprint density at radius 3 is 2.59 bits per heavy atom. The summed E-state index contributed by atoms with van der Waals surface area (Å²) in [6.07, 6.45) is 0.552. The van der Waals surface area contributed by atoms with Gasteiger partial charge in [-0.1, -0.05) is 54.4 Å². The molecule has 3 rings (SSSR count). The Balaban J connectivity index is 1.77. The highest BCUT2D eigenvalue weighted by atomic mass is 35.5. The third-order valence-electron chi connectivity index (χ3n) is 5.06. The maximum Gasteiger partial charge on any atom is 0.308 e. The molecule has 2 amide bonds. The summed E-state index contributed by atoms with van der Waals surface area (Å²) in [7, 11) is 0. The summed E-state index contributed by atoms with van der Waals surface area (Å²) in [6, 6.07) is 11.6. The molecule has 0 aliphatic carbocycles. The minimum absolute atomic E-state index is 0.0407. The van der Waals surface area contributed by atoms with Crippen LogP contribution >= 0.6 is 23.2 Å². The number of anilines is 2. The number of carbonyl (C=O) groups is 3. The van der Waals surface area contributed by atoms with Crippen LogP contribution in [0.4, 0.5) is 11.4 Å². The van der Waals surface area contributed by atoms with E-state index in [-0.39, 0.29) is 31.3 Å². The molecule has 0 bridgehead atoms. The van der Waals surface area contributed by atoms with Gasteiger partial charge in [-0.3, -0.25) is 14.4 Å². The molecule has 1 atom stereocenters. The van der Waals surface area contributed by atoms with Gasteiger partial charge in [-0.05, 0) is 30.2 Å². The molecule has 7 nitrogen and oxygen atoms in total. The molecular weight excluding hydrogens is 453 g/mol. The summed E-state index contributed by atoms with van der Waals surface area (Å²) in [5.41, 5.74) is 1.94. The summed E-state index contributed by atoms with van der Waals surface area (Å²) in [5.74, 6) is -1.11. The lowest BCUT2D eigenvalue weighted by atomic mass is 10.0. The quantitative estimate of drug-likeness (QED) is 0.561. The lowest BCUT2D eigenvalue weighted by molar-refractivity contribution is -0.151. The zero-order chi connectivity index (χ0) is 23.1. The highest BCUT2D eigenvalue weighted by Crippen LogP contribution is 2.33. The van der Waals surface area contributed by atoms with Crippen molar-refractivity contribution in [3.05, 3.63) is 58.1 Å². The van der Waals surface area contributed by atoms with Crippen molar-refractivity contribution in [1.29, 1.82) is 0 Å². The van der Waals surface area contributed by atoms with Gasteiger partial charge in [0.1, 0.15) is 6.04 Å². The first-order valence-electron chi connectivity index (χ1n) is 10.4.